The number of hydrogen-bond donors (Lipinski definition) is 4. The molecule has 32 heavy (non-hydrogen) atoms. The van der Waals surface area contributed by atoms with Gasteiger partial charge in [0.25, 0.3) is 0 Å². The van der Waals surface area contributed by atoms with Crippen molar-refractivity contribution in [2.45, 2.75) is 30.9 Å². The number of rotatable bonds is 6. The maximum Gasteiger partial charge on any atom is 0.319 e. The van der Waals surface area contributed by atoms with Gasteiger partial charge in [0.05, 0.1) is 43.1 Å². The average molecular weight is 466 g/mol. The minimum atomic E-state index is -2.75. The second kappa shape index (κ2) is 9.57. The lowest BCUT2D eigenvalue weighted by Gasteiger charge is -2.35. The number of ether oxygens (including phenoxy) is 1. The zero-order chi connectivity index (χ0) is 22.7. The molecule has 0 aliphatic carbocycles. The fourth-order valence-electron chi connectivity index (χ4n) is 3.84. The molecule has 1 unspecified atom stereocenters. The van der Waals surface area contributed by atoms with Gasteiger partial charge in [-0.2, -0.15) is 10.6 Å². The van der Waals surface area contributed by atoms with E-state index in [2.05, 4.69) is 27.4 Å². The zero-order valence-corrected chi connectivity index (χ0v) is 18.7. The Morgan fingerprint density at radius 3 is 2.78 bits per heavy atom. The van der Waals surface area contributed by atoms with Gasteiger partial charge in [-0.1, -0.05) is 0 Å². The summed E-state index contributed by atoms with van der Waals surface area (Å²) in [6, 6.07) is 6.81. The van der Waals surface area contributed by atoms with Crippen LogP contribution in [-0.2, 0) is 16.2 Å². The van der Waals surface area contributed by atoms with Crippen molar-refractivity contribution < 1.29 is 23.0 Å². The summed E-state index contributed by atoms with van der Waals surface area (Å²) >= 11 is 0. The molecule has 4 rings (SSSR count). The molecule has 1 saturated heterocycles. The standard InChI is InChI=1S/C21H28FN5O4S/c1-14-11-31-10-9-27(14)20-17-12-32(29,30)13-18(17)25-19(26-20)15-3-5-16(6-4-15)24-21(28)23-8-2-7-22/h3-6,14,29-30H,2,7-13H2,1H3,(H2,23,24,28). The number of alkyl halides is 1. The van der Waals surface area contributed by atoms with Gasteiger partial charge in [0.15, 0.2) is 5.82 Å². The lowest BCUT2D eigenvalue weighted by molar-refractivity contribution is 0.0984. The molecule has 0 bridgehead atoms. The van der Waals surface area contributed by atoms with E-state index in [1.165, 1.54) is 0 Å². The van der Waals surface area contributed by atoms with Crippen LogP contribution in [0.4, 0.5) is 20.7 Å². The smallest absolute Gasteiger partial charge is 0.319 e. The van der Waals surface area contributed by atoms with E-state index in [9.17, 15) is 18.3 Å². The van der Waals surface area contributed by atoms with Gasteiger partial charge in [0, 0.05) is 29.9 Å². The van der Waals surface area contributed by atoms with E-state index in [-0.39, 0.29) is 30.5 Å². The van der Waals surface area contributed by atoms with Crippen molar-refractivity contribution in [2.24, 2.45) is 0 Å². The molecule has 2 aromatic rings. The highest BCUT2D eigenvalue weighted by Gasteiger charge is 2.34. The molecular weight excluding hydrogens is 437 g/mol. The van der Waals surface area contributed by atoms with Crippen LogP contribution in [-0.4, -0.2) is 64.1 Å². The summed E-state index contributed by atoms with van der Waals surface area (Å²) < 4.78 is 38.3. The van der Waals surface area contributed by atoms with Gasteiger partial charge in [-0.15, -0.1) is 0 Å². The maximum atomic E-state index is 12.2. The van der Waals surface area contributed by atoms with E-state index < -0.39 is 23.3 Å². The summed E-state index contributed by atoms with van der Waals surface area (Å²) in [4.78, 5) is 23.4. The van der Waals surface area contributed by atoms with E-state index in [0.717, 1.165) is 16.9 Å². The number of morpholine rings is 1. The maximum absolute atomic E-state index is 12.2. The number of nitrogens with one attached hydrogen (secondary N) is 2. The number of fused-ring (bicyclic) bond motifs is 1. The summed E-state index contributed by atoms with van der Waals surface area (Å²) in [5.41, 5.74) is 2.80. The summed E-state index contributed by atoms with van der Waals surface area (Å²) in [6.45, 7) is 3.69. The molecule has 1 aromatic carbocycles. The number of nitrogens with zero attached hydrogens (tertiary/aromatic N) is 3. The number of carbonyl (C=O) groups excluding carboxylic acids is 1. The van der Waals surface area contributed by atoms with E-state index in [0.29, 0.717) is 37.0 Å². The van der Waals surface area contributed by atoms with Crippen molar-refractivity contribution in [2.75, 3.05) is 43.2 Å². The first kappa shape index (κ1) is 22.7. The molecule has 2 amide bonds. The van der Waals surface area contributed by atoms with Crippen LogP contribution in [0.1, 0.15) is 24.6 Å². The molecular formula is C21H28FN5O4S. The van der Waals surface area contributed by atoms with Gasteiger partial charge in [0.2, 0.25) is 0 Å². The predicted octanol–water partition coefficient (Wildman–Crippen LogP) is 3.61. The monoisotopic (exact) mass is 465 g/mol. The van der Waals surface area contributed by atoms with Crippen molar-refractivity contribution in [3.8, 4) is 11.4 Å². The highest BCUT2D eigenvalue weighted by molar-refractivity contribution is 8.23. The molecule has 0 spiro atoms. The number of anilines is 2. The number of amides is 2. The van der Waals surface area contributed by atoms with Crippen LogP contribution >= 0.6 is 10.6 Å². The van der Waals surface area contributed by atoms with Crippen molar-refractivity contribution in [1.82, 2.24) is 15.3 Å². The van der Waals surface area contributed by atoms with Gasteiger partial charge in [-0.25, -0.2) is 14.8 Å². The van der Waals surface area contributed by atoms with Crippen LogP contribution in [0.25, 0.3) is 11.4 Å². The Kier molecular flexibility index (Phi) is 6.79. The third-order valence-corrected chi connectivity index (χ3v) is 6.94. The largest absolute Gasteiger partial charge is 0.377 e. The Morgan fingerprint density at radius 2 is 2.06 bits per heavy atom. The molecule has 3 heterocycles. The summed E-state index contributed by atoms with van der Waals surface area (Å²) in [5, 5.41) is 5.29. The van der Waals surface area contributed by atoms with Gasteiger partial charge < -0.3 is 20.3 Å². The molecule has 4 N–H and O–H groups in total. The van der Waals surface area contributed by atoms with Crippen molar-refractivity contribution in [3.05, 3.63) is 35.5 Å². The first-order chi connectivity index (χ1) is 15.4. The molecule has 11 heteroatoms. The fourth-order valence-corrected chi connectivity index (χ4v) is 5.38. The third-order valence-electron chi connectivity index (χ3n) is 5.45. The van der Waals surface area contributed by atoms with Crippen molar-refractivity contribution in [1.29, 1.82) is 0 Å². The second-order valence-corrected chi connectivity index (χ2v) is 10.2. The van der Waals surface area contributed by atoms with Gasteiger partial charge in [0.1, 0.15) is 5.82 Å². The van der Waals surface area contributed by atoms with E-state index in [1.54, 1.807) is 24.3 Å². The third kappa shape index (κ3) is 5.12. The van der Waals surface area contributed by atoms with Crippen LogP contribution in [0.5, 0.6) is 0 Å². The lowest BCUT2D eigenvalue weighted by Crippen LogP contribution is -2.44. The van der Waals surface area contributed by atoms with E-state index in [4.69, 9.17) is 9.72 Å². The number of hydrogen-bond acceptors (Lipinski definition) is 7. The van der Waals surface area contributed by atoms with Gasteiger partial charge in [-0.3, -0.25) is 13.5 Å². The first-order valence-corrected chi connectivity index (χ1v) is 12.4. The molecule has 0 saturated carbocycles. The van der Waals surface area contributed by atoms with Crippen LogP contribution in [0, 0.1) is 0 Å². The van der Waals surface area contributed by atoms with Crippen LogP contribution in [0.2, 0.25) is 0 Å². The normalized spacial score (nSPS) is 20.5. The zero-order valence-electron chi connectivity index (χ0n) is 17.9. The molecule has 9 nitrogen and oxygen atoms in total. The summed E-state index contributed by atoms with van der Waals surface area (Å²) in [7, 11) is -2.75. The van der Waals surface area contributed by atoms with E-state index in [1.807, 2.05) is 0 Å². The van der Waals surface area contributed by atoms with Crippen molar-refractivity contribution >= 4 is 28.1 Å². The Bertz CT molecular complexity index is 975. The molecule has 1 aromatic heterocycles. The predicted molar refractivity (Wildman–Crippen MR) is 123 cm³/mol. The number of benzene rings is 1. The van der Waals surface area contributed by atoms with Crippen LogP contribution in [0.3, 0.4) is 0 Å². The Hall–Kier alpha value is -2.47. The number of carbonyl (C=O) groups is 1. The molecule has 0 radical (unpaired) electrons. The fraction of sp³-hybridized carbons (Fsp3) is 0.476. The van der Waals surface area contributed by atoms with Crippen LogP contribution in [0.15, 0.2) is 24.3 Å². The summed E-state index contributed by atoms with van der Waals surface area (Å²) in [5.74, 6) is 1.52. The topological polar surface area (TPSA) is 120 Å². The Morgan fingerprint density at radius 1 is 1.28 bits per heavy atom. The lowest BCUT2D eigenvalue weighted by atomic mass is 10.1. The molecule has 2 aliphatic rings. The number of halogens is 1. The molecule has 1 fully saturated rings. The van der Waals surface area contributed by atoms with E-state index >= 15 is 0 Å². The average Bonchev–Trinajstić information content (AvgIpc) is 3.08. The first-order valence-electron chi connectivity index (χ1n) is 10.6. The summed E-state index contributed by atoms with van der Waals surface area (Å²) in [6.07, 6.45) is 0.275. The number of aromatic nitrogens is 2. The quantitative estimate of drug-likeness (QED) is 0.481. The number of urea groups is 1. The van der Waals surface area contributed by atoms with Crippen LogP contribution < -0.4 is 15.5 Å². The Labute approximate surface area is 187 Å². The highest BCUT2D eigenvalue weighted by Crippen LogP contribution is 2.54. The minimum absolute atomic E-state index is 0.112. The second-order valence-electron chi connectivity index (χ2n) is 8.01. The highest BCUT2D eigenvalue weighted by atomic mass is 32.3. The molecule has 1 atom stereocenters. The van der Waals surface area contributed by atoms with Gasteiger partial charge in [-0.05, 0) is 37.6 Å². The minimum Gasteiger partial charge on any atom is -0.377 e. The SMILES string of the molecule is CC1COCCN1c1nc(-c2ccc(NC(=O)NCCCF)cc2)nc2c1CS(O)(O)C2. The van der Waals surface area contributed by atoms with Gasteiger partial charge >= 0.3 is 6.03 Å². The Balaban J connectivity index is 1.59. The molecule has 2 aliphatic heterocycles. The van der Waals surface area contributed by atoms with Crippen molar-refractivity contribution in [3.63, 3.8) is 0 Å². The molecule has 174 valence electrons.